The average molecular weight is 237 g/mol. The average Bonchev–Trinajstić information content (AvgIpc) is 2.93. The van der Waals surface area contributed by atoms with Gasteiger partial charge in [-0.05, 0) is 30.0 Å². The van der Waals surface area contributed by atoms with Crippen molar-refractivity contribution in [3.05, 3.63) is 36.0 Å². The molecule has 2 aromatic rings. The van der Waals surface area contributed by atoms with Crippen LogP contribution in [0.1, 0.15) is 30.9 Å². The summed E-state index contributed by atoms with van der Waals surface area (Å²) in [6, 6.07) is 8.67. The van der Waals surface area contributed by atoms with Crippen molar-refractivity contribution >= 4 is 23.3 Å². The maximum absolute atomic E-state index is 6.25. The number of fused-ring (bicyclic) bond motifs is 1. The van der Waals surface area contributed by atoms with Gasteiger partial charge in [0, 0.05) is 23.1 Å². The summed E-state index contributed by atoms with van der Waals surface area (Å²) in [7, 11) is 0. The molecule has 86 valence electrons. The van der Waals surface area contributed by atoms with E-state index in [0.717, 1.165) is 12.3 Å². The maximum Gasteiger partial charge on any atom is 0.0457 e. The Morgan fingerprint density at radius 3 is 2.88 bits per heavy atom. The third-order valence-corrected chi connectivity index (χ3v) is 3.31. The lowest BCUT2D eigenvalue weighted by Crippen LogP contribution is -2.11. The van der Waals surface area contributed by atoms with E-state index in [1.54, 1.807) is 0 Å². The van der Waals surface area contributed by atoms with Crippen LogP contribution in [0.5, 0.6) is 0 Å². The SMILES string of the molecule is Cl.N[C@@H](CC1CC1)c1cccc2[nH]ccc12. The topological polar surface area (TPSA) is 41.8 Å². The second kappa shape index (κ2) is 4.48. The summed E-state index contributed by atoms with van der Waals surface area (Å²) >= 11 is 0. The molecule has 16 heavy (non-hydrogen) atoms. The van der Waals surface area contributed by atoms with Crippen LogP contribution >= 0.6 is 12.4 Å². The van der Waals surface area contributed by atoms with Gasteiger partial charge in [0.1, 0.15) is 0 Å². The molecule has 0 amide bonds. The van der Waals surface area contributed by atoms with Crippen LogP contribution in [0.4, 0.5) is 0 Å². The summed E-state index contributed by atoms with van der Waals surface area (Å²) in [5, 5.41) is 1.28. The zero-order valence-corrected chi connectivity index (χ0v) is 9.96. The van der Waals surface area contributed by atoms with Gasteiger partial charge in [-0.3, -0.25) is 0 Å². The summed E-state index contributed by atoms with van der Waals surface area (Å²) in [6.45, 7) is 0. The fraction of sp³-hybridized carbons (Fsp3) is 0.385. The molecule has 1 aromatic carbocycles. The summed E-state index contributed by atoms with van der Waals surface area (Å²) in [4.78, 5) is 3.23. The van der Waals surface area contributed by atoms with Crippen LogP contribution in [0.25, 0.3) is 10.9 Å². The highest BCUT2D eigenvalue weighted by atomic mass is 35.5. The first-order valence-electron chi connectivity index (χ1n) is 5.66. The predicted molar refractivity (Wildman–Crippen MR) is 69.8 cm³/mol. The number of aromatic nitrogens is 1. The van der Waals surface area contributed by atoms with Crippen LogP contribution < -0.4 is 5.73 Å². The van der Waals surface area contributed by atoms with Crippen molar-refractivity contribution in [1.82, 2.24) is 4.98 Å². The molecule has 0 saturated heterocycles. The quantitative estimate of drug-likeness (QED) is 0.843. The van der Waals surface area contributed by atoms with Crippen molar-refractivity contribution in [2.75, 3.05) is 0 Å². The van der Waals surface area contributed by atoms with Crippen LogP contribution in [0, 0.1) is 5.92 Å². The van der Waals surface area contributed by atoms with Crippen molar-refractivity contribution < 1.29 is 0 Å². The van der Waals surface area contributed by atoms with Crippen LogP contribution in [0.15, 0.2) is 30.5 Å². The van der Waals surface area contributed by atoms with E-state index in [0.29, 0.717) is 0 Å². The molecule has 0 radical (unpaired) electrons. The number of hydrogen-bond acceptors (Lipinski definition) is 1. The Labute approximate surface area is 102 Å². The van der Waals surface area contributed by atoms with Gasteiger partial charge in [-0.15, -0.1) is 12.4 Å². The number of nitrogens with one attached hydrogen (secondary N) is 1. The van der Waals surface area contributed by atoms with Gasteiger partial charge in [-0.2, -0.15) is 0 Å². The second-order valence-corrected chi connectivity index (χ2v) is 4.57. The summed E-state index contributed by atoms with van der Waals surface area (Å²) < 4.78 is 0. The van der Waals surface area contributed by atoms with Crippen molar-refractivity contribution in [1.29, 1.82) is 0 Å². The molecule has 3 rings (SSSR count). The molecule has 1 heterocycles. The van der Waals surface area contributed by atoms with E-state index < -0.39 is 0 Å². The molecule has 1 saturated carbocycles. The first-order valence-corrected chi connectivity index (χ1v) is 5.66. The monoisotopic (exact) mass is 236 g/mol. The molecule has 1 atom stereocenters. The molecule has 1 aliphatic carbocycles. The number of rotatable bonds is 3. The van der Waals surface area contributed by atoms with E-state index >= 15 is 0 Å². The zero-order valence-electron chi connectivity index (χ0n) is 9.15. The van der Waals surface area contributed by atoms with E-state index in [-0.39, 0.29) is 18.4 Å². The molecule has 1 fully saturated rings. The highest BCUT2D eigenvalue weighted by Crippen LogP contribution is 2.37. The van der Waals surface area contributed by atoms with Gasteiger partial charge in [0.05, 0.1) is 0 Å². The van der Waals surface area contributed by atoms with E-state index in [4.69, 9.17) is 5.73 Å². The molecule has 2 nitrogen and oxygen atoms in total. The summed E-state index contributed by atoms with van der Waals surface area (Å²) in [5.74, 6) is 0.884. The lowest BCUT2D eigenvalue weighted by Gasteiger charge is -2.12. The third kappa shape index (κ3) is 2.08. The van der Waals surface area contributed by atoms with Crippen molar-refractivity contribution in [3.8, 4) is 0 Å². The minimum atomic E-state index is 0. The Kier molecular flexibility index (Phi) is 3.22. The molecule has 3 N–H and O–H groups in total. The Bertz CT molecular complexity index is 473. The Balaban J connectivity index is 0.000000963. The number of halogens is 1. The number of hydrogen-bond donors (Lipinski definition) is 2. The smallest absolute Gasteiger partial charge is 0.0457 e. The highest BCUT2D eigenvalue weighted by molar-refractivity contribution is 5.85. The van der Waals surface area contributed by atoms with Gasteiger partial charge in [0.25, 0.3) is 0 Å². The van der Waals surface area contributed by atoms with E-state index in [2.05, 4.69) is 29.2 Å². The van der Waals surface area contributed by atoms with Gasteiger partial charge < -0.3 is 10.7 Å². The van der Waals surface area contributed by atoms with Crippen LogP contribution in [0.3, 0.4) is 0 Å². The first-order chi connectivity index (χ1) is 7.34. The van der Waals surface area contributed by atoms with Gasteiger partial charge >= 0.3 is 0 Å². The largest absolute Gasteiger partial charge is 0.361 e. The Morgan fingerprint density at radius 2 is 2.12 bits per heavy atom. The molecule has 1 aliphatic rings. The normalized spacial score (nSPS) is 17.1. The minimum absolute atomic E-state index is 0. The summed E-state index contributed by atoms with van der Waals surface area (Å²) in [5.41, 5.74) is 8.73. The molecule has 0 spiro atoms. The summed E-state index contributed by atoms with van der Waals surface area (Å²) in [6.07, 6.45) is 5.87. The number of H-pyrrole nitrogens is 1. The molecule has 0 unspecified atom stereocenters. The van der Waals surface area contributed by atoms with Crippen LogP contribution in [-0.2, 0) is 0 Å². The van der Waals surface area contributed by atoms with Crippen molar-refractivity contribution in [2.24, 2.45) is 11.7 Å². The van der Waals surface area contributed by atoms with E-state index in [1.807, 2.05) is 6.20 Å². The van der Waals surface area contributed by atoms with Crippen molar-refractivity contribution in [2.45, 2.75) is 25.3 Å². The molecular weight excluding hydrogens is 220 g/mol. The maximum atomic E-state index is 6.25. The Morgan fingerprint density at radius 1 is 1.31 bits per heavy atom. The number of benzene rings is 1. The predicted octanol–water partition coefficient (Wildman–Crippen LogP) is 3.39. The molecule has 3 heteroatoms. The molecule has 0 aliphatic heterocycles. The van der Waals surface area contributed by atoms with Gasteiger partial charge in [-0.25, -0.2) is 0 Å². The standard InChI is InChI=1S/C13H16N2.ClH/c14-12(8-9-4-5-9)10-2-1-3-13-11(10)6-7-15-13;/h1-3,6-7,9,12,15H,4-5,8,14H2;1H/t12-;/m0./s1. The molecule has 0 bridgehead atoms. The molecule has 1 aromatic heterocycles. The minimum Gasteiger partial charge on any atom is -0.361 e. The lowest BCUT2D eigenvalue weighted by atomic mass is 9.99. The number of aromatic amines is 1. The van der Waals surface area contributed by atoms with Crippen LogP contribution in [0.2, 0.25) is 0 Å². The van der Waals surface area contributed by atoms with Crippen molar-refractivity contribution in [3.63, 3.8) is 0 Å². The Hall–Kier alpha value is -0.990. The fourth-order valence-electron chi connectivity index (χ4n) is 2.27. The van der Waals surface area contributed by atoms with Crippen LogP contribution in [-0.4, -0.2) is 4.98 Å². The van der Waals surface area contributed by atoms with Gasteiger partial charge in [-0.1, -0.05) is 25.0 Å². The number of nitrogens with two attached hydrogens (primary N) is 1. The van der Waals surface area contributed by atoms with E-state index in [9.17, 15) is 0 Å². The molecular formula is C13H17ClN2. The fourth-order valence-corrected chi connectivity index (χ4v) is 2.27. The highest BCUT2D eigenvalue weighted by Gasteiger charge is 2.25. The van der Waals surface area contributed by atoms with E-state index in [1.165, 1.54) is 29.3 Å². The second-order valence-electron chi connectivity index (χ2n) is 4.57. The zero-order chi connectivity index (χ0) is 10.3. The van der Waals surface area contributed by atoms with Gasteiger partial charge in [0.2, 0.25) is 0 Å². The third-order valence-electron chi connectivity index (χ3n) is 3.31. The van der Waals surface area contributed by atoms with Gasteiger partial charge in [0.15, 0.2) is 0 Å². The lowest BCUT2D eigenvalue weighted by molar-refractivity contribution is 0.600. The first kappa shape index (κ1) is 11.5.